The average Bonchev–Trinajstić information content (AvgIpc) is 3.10. The van der Waals surface area contributed by atoms with Crippen molar-refractivity contribution in [1.82, 2.24) is 10.3 Å². The van der Waals surface area contributed by atoms with Gasteiger partial charge in [0, 0.05) is 17.8 Å². The van der Waals surface area contributed by atoms with Crippen molar-refractivity contribution in [2.24, 2.45) is 5.92 Å². The normalized spacial score (nSPS) is 17.5. The van der Waals surface area contributed by atoms with Crippen LogP contribution in [-0.4, -0.2) is 19.1 Å². The largest absolute Gasteiger partial charge is 0.495 e. The minimum absolute atomic E-state index is 0.399. The summed E-state index contributed by atoms with van der Waals surface area (Å²) in [7, 11) is 3.71. The zero-order chi connectivity index (χ0) is 10.7. The molecular weight excluding hydrogens is 188 g/mol. The van der Waals surface area contributed by atoms with E-state index in [1.165, 1.54) is 24.8 Å². The van der Waals surface area contributed by atoms with Gasteiger partial charge < -0.3 is 10.1 Å². The molecule has 0 aromatic carbocycles. The van der Waals surface area contributed by atoms with Crippen molar-refractivity contribution in [3.8, 4) is 5.75 Å². The fourth-order valence-electron chi connectivity index (χ4n) is 1.94. The van der Waals surface area contributed by atoms with Gasteiger partial charge in [-0.1, -0.05) is 12.8 Å². The second-order valence-electron chi connectivity index (χ2n) is 4.14. The van der Waals surface area contributed by atoms with Crippen molar-refractivity contribution >= 4 is 0 Å². The molecule has 0 spiro atoms. The van der Waals surface area contributed by atoms with Crippen molar-refractivity contribution in [2.75, 3.05) is 14.2 Å². The van der Waals surface area contributed by atoms with Crippen LogP contribution in [0.4, 0.5) is 0 Å². The molecule has 3 heteroatoms. The van der Waals surface area contributed by atoms with Crippen LogP contribution in [0.5, 0.6) is 5.75 Å². The SMILES string of the molecule is CNC(CC1CC1)c1ccncc1OC. The second-order valence-corrected chi connectivity index (χ2v) is 4.14. The van der Waals surface area contributed by atoms with Gasteiger partial charge in [0.25, 0.3) is 0 Å². The highest BCUT2D eigenvalue weighted by atomic mass is 16.5. The van der Waals surface area contributed by atoms with E-state index in [4.69, 9.17) is 4.74 Å². The first kappa shape index (κ1) is 10.4. The lowest BCUT2D eigenvalue weighted by atomic mass is 10.0. The summed E-state index contributed by atoms with van der Waals surface area (Å²) in [5.74, 6) is 1.79. The summed E-state index contributed by atoms with van der Waals surface area (Å²) in [5, 5.41) is 3.36. The maximum absolute atomic E-state index is 5.33. The molecule has 3 nitrogen and oxygen atoms in total. The maximum atomic E-state index is 5.33. The van der Waals surface area contributed by atoms with Gasteiger partial charge in [-0.3, -0.25) is 4.98 Å². The van der Waals surface area contributed by atoms with E-state index in [2.05, 4.69) is 10.3 Å². The number of aromatic nitrogens is 1. The number of nitrogens with one attached hydrogen (secondary N) is 1. The van der Waals surface area contributed by atoms with Gasteiger partial charge in [0.15, 0.2) is 0 Å². The third-order valence-electron chi connectivity index (χ3n) is 3.03. The molecule has 1 fully saturated rings. The van der Waals surface area contributed by atoms with Crippen LogP contribution in [0.2, 0.25) is 0 Å². The molecule has 1 atom stereocenters. The second kappa shape index (κ2) is 4.62. The quantitative estimate of drug-likeness (QED) is 0.801. The van der Waals surface area contributed by atoms with Crippen molar-refractivity contribution < 1.29 is 4.74 Å². The summed E-state index contributed by atoms with van der Waals surface area (Å²) in [6, 6.07) is 2.44. The fraction of sp³-hybridized carbons (Fsp3) is 0.583. The number of hydrogen-bond acceptors (Lipinski definition) is 3. The van der Waals surface area contributed by atoms with E-state index in [9.17, 15) is 0 Å². The molecule has 1 heterocycles. The minimum Gasteiger partial charge on any atom is -0.495 e. The van der Waals surface area contributed by atoms with Crippen LogP contribution in [0, 0.1) is 5.92 Å². The van der Waals surface area contributed by atoms with E-state index in [-0.39, 0.29) is 0 Å². The highest BCUT2D eigenvalue weighted by Crippen LogP contribution is 2.39. The molecule has 15 heavy (non-hydrogen) atoms. The van der Waals surface area contributed by atoms with Crippen LogP contribution in [0.3, 0.4) is 0 Å². The molecular formula is C12H18N2O. The first-order valence-corrected chi connectivity index (χ1v) is 5.50. The average molecular weight is 206 g/mol. The molecule has 82 valence electrons. The van der Waals surface area contributed by atoms with Gasteiger partial charge in [0.1, 0.15) is 5.75 Å². The van der Waals surface area contributed by atoms with Crippen LogP contribution < -0.4 is 10.1 Å². The molecule has 1 saturated carbocycles. The molecule has 1 N–H and O–H groups in total. The minimum atomic E-state index is 0.399. The van der Waals surface area contributed by atoms with E-state index >= 15 is 0 Å². The van der Waals surface area contributed by atoms with Crippen LogP contribution in [0.25, 0.3) is 0 Å². The molecule has 0 aliphatic heterocycles. The summed E-state index contributed by atoms with van der Waals surface area (Å²) < 4.78 is 5.33. The summed E-state index contributed by atoms with van der Waals surface area (Å²) >= 11 is 0. The number of methoxy groups -OCH3 is 1. The molecule has 1 aliphatic carbocycles. The lowest BCUT2D eigenvalue weighted by molar-refractivity contribution is 0.394. The van der Waals surface area contributed by atoms with Gasteiger partial charge in [-0.25, -0.2) is 0 Å². The van der Waals surface area contributed by atoms with Gasteiger partial charge in [-0.2, -0.15) is 0 Å². The Morgan fingerprint density at radius 1 is 1.60 bits per heavy atom. The molecule has 0 radical (unpaired) electrons. The van der Waals surface area contributed by atoms with Crippen LogP contribution in [-0.2, 0) is 0 Å². The van der Waals surface area contributed by atoms with E-state index in [0.717, 1.165) is 11.7 Å². The number of hydrogen-bond donors (Lipinski definition) is 1. The summed E-state index contributed by atoms with van der Waals surface area (Å²) in [5.41, 5.74) is 1.22. The van der Waals surface area contributed by atoms with Crippen molar-refractivity contribution in [3.05, 3.63) is 24.0 Å². The Hall–Kier alpha value is -1.09. The zero-order valence-electron chi connectivity index (χ0n) is 9.36. The van der Waals surface area contributed by atoms with Gasteiger partial charge in [-0.15, -0.1) is 0 Å². The molecule has 0 bridgehead atoms. The topological polar surface area (TPSA) is 34.2 Å². The number of rotatable bonds is 5. The first-order valence-electron chi connectivity index (χ1n) is 5.50. The third kappa shape index (κ3) is 2.48. The van der Waals surface area contributed by atoms with Gasteiger partial charge in [0.05, 0.1) is 13.3 Å². The Labute approximate surface area is 90.9 Å². The number of pyridine rings is 1. The van der Waals surface area contributed by atoms with E-state index in [1.54, 1.807) is 13.3 Å². The van der Waals surface area contributed by atoms with E-state index in [1.807, 2.05) is 19.3 Å². The van der Waals surface area contributed by atoms with E-state index in [0.29, 0.717) is 6.04 Å². The number of nitrogens with zero attached hydrogens (tertiary/aromatic N) is 1. The summed E-state index contributed by atoms with van der Waals surface area (Å²) in [4.78, 5) is 4.07. The zero-order valence-corrected chi connectivity index (χ0v) is 9.36. The monoisotopic (exact) mass is 206 g/mol. The van der Waals surface area contributed by atoms with Crippen molar-refractivity contribution in [1.29, 1.82) is 0 Å². The first-order chi connectivity index (χ1) is 7.35. The van der Waals surface area contributed by atoms with Crippen LogP contribution >= 0.6 is 0 Å². The molecule has 0 saturated heterocycles. The van der Waals surface area contributed by atoms with E-state index < -0.39 is 0 Å². The van der Waals surface area contributed by atoms with Crippen molar-refractivity contribution in [3.63, 3.8) is 0 Å². The molecule has 0 amide bonds. The van der Waals surface area contributed by atoms with Crippen LogP contribution in [0.15, 0.2) is 18.5 Å². The standard InChI is InChI=1S/C12H18N2O/c1-13-11(7-9-3-4-9)10-5-6-14-8-12(10)15-2/h5-6,8-9,11,13H,3-4,7H2,1-2H3. The van der Waals surface area contributed by atoms with Crippen LogP contribution in [0.1, 0.15) is 30.9 Å². The Morgan fingerprint density at radius 2 is 2.40 bits per heavy atom. The lowest BCUT2D eigenvalue weighted by Crippen LogP contribution is -2.17. The number of ether oxygens (including phenoxy) is 1. The highest BCUT2D eigenvalue weighted by Gasteiger charge is 2.26. The maximum Gasteiger partial charge on any atom is 0.141 e. The molecule has 1 aromatic rings. The summed E-state index contributed by atoms with van der Waals surface area (Å²) in [6.45, 7) is 0. The van der Waals surface area contributed by atoms with Gasteiger partial charge in [-0.05, 0) is 25.5 Å². The smallest absolute Gasteiger partial charge is 0.141 e. The third-order valence-corrected chi connectivity index (χ3v) is 3.03. The Balaban J connectivity index is 2.15. The highest BCUT2D eigenvalue weighted by molar-refractivity contribution is 5.32. The Morgan fingerprint density at radius 3 is 3.00 bits per heavy atom. The Bertz CT molecular complexity index is 323. The van der Waals surface area contributed by atoms with Gasteiger partial charge in [0.2, 0.25) is 0 Å². The molecule has 1 aromatic heterocycles. The molecule has 1 unspecified atom stereocenters. The molecule has 2 rings (SSSR count). The predicted octanol–water partition coefficient (Wildman–Crippen LogP) is 2.15. The predicted molar refractivity (Wildman–Crippen MR) is 59.9 cm³/mol. The van der Waals surface area contributed by atoms with Crippen molar-refractivity contribution in [2.45, 2.75) is 25.3 Å². The fourth-order valence-corrected chi connectivity index (χ4v) is 1.94. The molecule has 1 aliphatic rings. The lowest BCUT2D eigenvalue weighted by Gasteiger charge is -2.18. The summed E-state index contributed by atoms with van der Waals surface area (Å²) in [6.07, 6.45) is 7.58. The Kier molecular flexibility index (Phi) is 3.21. The van der Waals surface area contributed by atoms with Gasteiger partial charge >= 0.3 is 0 Å².